The molecule has 5 heteroatoms. The average Bonchev–Trinajstić information content (AvgIpc) is 2.27. The highest BCUT2D eigenvalue weighted by molar-refractivity contribution is 5.31. The lowest BCUT2D eigenvalue weighted by molar-refractivity contribution is 0.190. The highest BCUT2D eigenvalue weighted by atomic mass is 16.1. The summed E-state index contributed by atoms with van der Waals surface area (Å²) in [6, 6.07) is 0.899. The van der Waals surface area contributed by atoms with Gasteiger partial charge in [0.25, 0.3) is 5.56 Å². The van der Waals surface area contributed by atoms with Gasteiger partial charge >= 0.3 is 0 Å². The number of H-pyrrole nitrogens is 1. The summed E-state index contributed by atoms with van der Waals surface area (Å²) < 4.78 is 0. The zero-order valence-electron chi connectivity index (χ0n) is 9.73. The predicted octanol–water partition coefficient (Wildman–Crippen LogP) is 0.664. The molecule has 0 saturated carbocycles. The molecule has 1 aliphatic heterocycles. The molecule has 88 valence electrons. The second-order valence-corrected chi connectivity index (χ2v) is 4.46. The highest BCUT2D eigenvalue weighted by Crippen LogP contribution is 2.17. The van der Waals surface area contributed by atoms with Gasteiger partial charge in [-0.1, -0.05) is 0 Å². The van der Waals surface area contributed by atoms with E-state index in [0.29, 0.717) is 17.9 Å². The lowest BCUT2D eigenvalue weighted by atomic mass is 9.99. The van der Waals surface area contributed by atoms with Crippen molar-refractivity contribution >= 4 is 5.82 Å². The maximum absolute atomic E-state index is 11.4. The summed E-state index contributed by atoms with van der Waals surface area (Å²) in [5.41, 5.74) is -0.144. The molecule has 1 aromatic heterocycles. The van der Waals surface area contributed by atoms with Crippen molar-refractivity contribution in [1.82, 2.24) is 14.9 Å². The zero-order chi connectivity index (χ0) is 11.5. The highest BCUT2D eigenvalue weighted by Gasteiger charge is 2.23. The van der Waals surface area contributed by atoms with E-state index in [2.05, 4.69) is 34.2 Å². The summed E-state index contributed by atoms with van der Waals surface area (Å²) in [5, 5.41) is 3.22. The molecule has 0 aromatic carbocycles. The normalized spacial score (nSPS) is 26.6. The number of hydrogen-bond donors (Lipinski definition) is 2. The van der Waals surface area contributed by atoms with Crippen LogP contribution in [0.1, 0.15) is 19.8 Å². The second-order valence-electron chi connectivity index (χ2n) is 4.46. The molecule has 1 saturated heterocycles. The van der Waals surface area contributed by atoms with Crippen LogP contribution in [0.25, 0.3) is 0 Å². The Labute approximate surface area is 94.9 Å². The SMILES string of the molecule is CC1CC(Nc2ncc[nH]c2=O)CCN1C. The topological polar surface area (TPSA) is 61.0 Å². The molecule has 2 rings (SSSR count). The van der Waals surface area contributed by atoms with Crippen LogP contribution in [0.4, 0.5) is 5.82 Å². The van der Waals surface area contributed by atoms with Gasteiger partial charge in [0.05, 0.1) is 0 Å². The first-order valence-corrected chi connectivity index (χ1v) is 5.67. The van der Waals surface area contributed by atoms with Crippen LogP contribution < -0.4 is 10.9 Å². The minimum Gasteiger partial charge on any atom is -0.363 e. The first kappa shape index (κ1) is 11.1. The van der Waals surface area contributed by atoms with Crippen LogP contribution in [0.2, 0.25) is 0 Å². The van der Waals surface area contributed by atoms with Crippen LogP contribution in [0.3, 0.4) is 0 Å². The second kappa shape index (κ2) is 4.65. The molecule has 2 atom stereocenters. The van der Waals surface area contributed by atoms with Crippen LogP contribution in [0.15, 0.2) is 17.2 Å². The van der Waals surface area contributed by atoms with Crippen LogP contribution >= 0.6 is 0 Å². The average molecular weight is 222 g/mol. The fraction of sp³-hybridized carbons (Fsp3) is 0.636. The molecule has 0 spiro atoms. The summed E-state index contributed by atoms with van der Waals surface area (Å²) in [6.07, 6.45) is 5.25. The first-order valence-electron chi connectivity index (χ1n) is 5.67. The number of aromatic nitrogens is 2. The standard InChI is InChI=1S/C11H18N4O/c1-8-7-9(3-6-15(8)2)14-10-11(16)13-5-4-12-10/h4-5,8-9H,3,6-7H2,1-2H3,(H,12,14)(H,13,16). The molecular formula is C11H18N4O. The molecule has 1 fully saturated rings. The van der Waals surface area contributed by atoms with Crippen LogP contribution in [-0.2, 0) is 0 Å². The van der Waals surface area contributed by atoms with Gasteiger partial charge in [0.1, 0.15) is 0 Å². The van der Waals surface area contributed by atoms with E-state index in [1.54, 1.807) is 12.4 Å². The van der Waals surface area contributed by atoms with Crippen molar-refractivity contribution in [3.8, 4) is 0 Å². The van der Waals surface area contributed by atoms with Gasteiger partial charge in [-0.2, -0.15) is 0 Å². The molecule has 0 radical (unpaired) electrons. The Balaban J connectivity index is 2.01. The lowest BCUT2D eigenvalue weighted by Crippen LogP contribution is -2.43. The number of nitrogens with zero attached hydrogens (tertiary/aromatic N) is 2. The summed E-state index contributed by atoms with van der Waals surface area (Å²) in [6.45, 7) is 3.26. The van der Waals surface area contributed by atoms with Crippen molar-refractivity contribution in [3.63, 3.8) is 0 Å². The molecule has 0 aliphatic carbocycles. The maximum atomic E-state index is 11.4. The summed E-state index contributed by atoms with van der Waals surface area (Å²) in [4.78, 5) is 20.4. The Hall–Kier alpha value is -1.36. The molecule has 5 nitrogen and oxygen atoms in total. The van der Waals surface area contributed by atoms with Gasteiger partial charge < -0.3 is 15.2 Å². The number of piperidine rings is 1. The Morgan fingerprint density at radius 1 is 1.62 bits per heavy atom. The van der Waals surface area contributed by atoms with Crippen LogP contribution in [0.5, 0.6) is 0 Å². The number of hydrogen-bond acceptors (Lipinski definition) is 4. The Kier molecular flexibility index (Phi) is 3.24. The van der Waals surface area contributed by atoms with Crippen molar-refractivity contribution in [2.45, 2.75) is 31.8 Å². The third-order valence-electron chi connectivity index (χ3n) is 3.26. The van der Waals surface area contributed by atoms with Gasteiger partial charge in [0.15, 0.2) is 5.82 Å². The van der Waals surface area contributed by atoms with E-state index in [9.17, 15) is 4.79 Å². The van der Waals surface area contributed by atoms with Crippen molar-refractivity contribution in [1.29, 1.82) is 0 Å². The molecule has 1 aliphatic rings. The number of nitrogens with one attached hydrogen (secondary N) is 2. The predicted molar refractivity (Wildman–Crippen MR) is 63.6 cm³/mol. The van der Waals surface area contributed by atoms with Crippen molar-refractivity contribution < 1.29 is 0 Å². The lowest BCUT2D eigenvalue weighted by Gasteiger charge is -2.35. The zero-order valence-corrected chi connectivity index (χ0v) is 9.73. The van der Waals surface area contributed by atoms with Gasteiger partial charge in [-0.05, 0) is 26.8 Å². The van der Waals surface area contributed by atoms with E-state index in [1.165, 1.54) is 0 Å². The molecular weight excluding hydrogens is 204 g/mol. The molecule has 1 aromatic rings. The number of aromatic amines is 1. The van der Waals surface area contributed by atoms with Crippen molar-refractivity contribution in [2.75, 3.05) is 18.9 Å². The fourth-order valence-electron chi connectivity index (χ4n) is 2.07. The van der Waals surface area contributed by atoms with E-state index in [-0.39, 0.29) is 5.56 Å². The van der Waals surface area contributed by atoms with Gasteiger partial charge in [-0.3, -0.25) is 4.79 Å². The molecule has 16 heavy (non-hydrogen) atoms. The van der Waals surface area contributed by atoms with Crippen molar-refractivity contribution in [2.24, 2.45) is 0 Å². The Bertz CT molecular complexity index is 403. The van der Waals surface area contributed by atoms with Crippen molar-refractivity contribution in [3.05, 3.63) is 22.7 Å². The number of likely N-dealkylation sites (tertiary alicyclic amines) is 1. The van der Waals surface area contributed by atoms with E-state index in [1.807, 2.05) is 0 Å². The first-order chi connectivity index (χ1) is 7.66. The third kappa shape index (κ3) is 2.41. The molecule has 0 bridgehead atoms. The molecule has 0 amide bonds. The van der Waals surface area contributed by atoms with Crippen LogP contribution in [-0.4, -0.2) is 40.5 Å². The number of rotatable bonds is 2. The summed E-state index contributed by atoms with van der Waals surface area (Å²) in [5.74, 6) is 0.434. The van der Waals surface area contributed by atoms with Crippen LogP contribution in [0, 0.1) is 0 Å². The quantitative estimate of drug-likeness (QED) is 0.772. The Morgan fingerprint density at radius 3 is 3.12 bits per heavy atom. The fourth-order valence-corrected chi connectivity index (χ4v) is 2.07. The summed E-state index contributed by atoms with van der Waals surface area (Å²) in [7, 11) is 2.13. The minimum absolute atomic E-state index is 0.144. The monoisotopic (exact) mass is 222 g/mol. The van der Waals surface area contributed by atoms with Gasteiger partial charge in [-0.15, -0.1) is 0 Å². The largest absolute Gasteiger partial charge is 0.363 e. The van der Waals surface area contributed by atoms with E-state index in [0.717, 1.165) is 19.4 Å². The Morgan fingerprint density at radius 2 is 2.44 bits per heavy atom. The van der Waals surface area contributed by atoms with Gasteiger partial charge in [0, 0.05) is 31.0 Å². The molecule has 2 unspecified atom stereocenters. The minimum atomic E-state index is -0.144. The number of anilines is 1. The summed E-state index contributed by atoms with van der Waals surface area (Å²) >= 11 is 0. The van der Waals surface area contributed by atoms with E-state index >= 15 is 0 Å². The molecule has 2 heterocycles. The maximum Gasteiger partial charge on any atom is 0.290 e. The molecule has 2 N–H and O–H groups in total. The third-order valence-corrected chi connectivity index (χ3v) is 3.26. The van der Waals surface area contributed by atoms with E-state index < -0.39 is 0 Å². The van der Waals surface area contributed by atoms with E-state index in [4.69, 9.17) is 0 Å². The van der Waals surface area contributed by atoms with Gasteiger partial charge in [0.2, 0.25) is 0 Å². The smallest absolute Gasteiger partial charge is 0.290 e. The van der Waals surface area contributed by atoms with Gasteiger partial charge in [-0.25, -0.2) is 4.98 Å².